The van der Waals surface area contributed by atoms with E-state index in [0.29, 0.717) is 38.2 Å². The Labute approximate surface area is 240 Å². The van der Waals surface area contributed by atoms with Crippen molar-refractivity contribution in [3.05, 3.63) is 84.5 Å². The molecule has 198 valence electrons. The average molecular weight is 641 g/mol. The number of hydrogen-bond donors (Lipinski definition) is 0. The van der Waals surface area contributed by atoms with Crippen LogP contribution in [0.15, 0.2) is 56.3 Å². The molecule has 1 aromatic heterocycles. The second kappa shape index (κ2) is 12.3. The summed E-state index contributed by atoms with van der Waals surface area (Å²) < 4.78 is 22.4. The number of carbonyl (C=O) groups is 3. The lowest BCUT2D eigenvalue weighted by Gasteiger charge is -2.14. The number of carbonyl (C=O) groups excluding carboxylic acids is 3. The van der Waals surface area contributed by atoms with Crippen molar-refractivity contribution in [1.29, 1.82) is 0 Å². The maximum atomic E-state index is 13.0. The monoisotopic (exact) mass is 639 g/mol. The summed E-state index contributed by atoms with van der Waals surface area (Å²) in [5.74, 6) is 0.0722. The number of benzene rings is 2. The maximum Gasteiger partial charge on any atom is 0.373 e. The average Bonchev–Trinajstić information content (AvgIpc) is 3.47. The van der Waals surface area contributed by atoms with Gasteiger partial charge in [-0.15, -0.1) is 0 Å². The molecule has 0 N–H and O–H groups in total. The third-order valence-corrected chi connectivity index (χ3v) is 7.60. The van der Waals surface area contributed by atoms with Crippen molar-refractivity contribution in [2.75, 3.05) is 13.7 Å². The van der Waals surface area contributed by atoms with E-state index >= 15 is 0 Å². The quantitative estimate of drug-likeness (QED) is 0.177. The molecule has 8 nitrogen and oxygen atoms in total. The molecule has 2 amide bonds. The fourth-order valence-electron chi connectivity index (χ4n) is 3.44. The lowest BCUT2D eigenvalue weighted by molar-refractivity contribution is -0.123. The van der Waals surface area contributed by atoms with E-state index in [0.717, 1.165) is 22.2 Å². The van der Waals surface area contributed by atoms with Gasteiger partial charge in [0, 0.05) is 4.47 Å². The third kappa shape index (κ3) is 6.37. The van der Waals surface area contributed by atoms with E-state index in [-0.39, 0.29) is 29.6 Å². The zero-order valence-electron chi connectivity index (χ0n) is 20.1. The van der Waals surface area contributed by atoms with Crippen molar-refractivity contribution in [3.63, 3.8) is 0 Å². The highest BCUT2D eigenvalue weighted by Crippen LogP contribution is 2.39. The van der Waals surface area contributed by atoms with Gasteiger partial charge in [-0.1, -0.05) is 45.2 Å². The number of methoxy groups -OCH3 is 1. The van der Waals surface area contributed by atoms with Crippen molar-refractivity contribution >= 4 is 74.1 Å². The normalized spacial score (nSPS) is 14.3. The Morgan fingerprint density at radius 1 is 1.08 bits per heavy atom. The smallest absolute Gasteiger partial charge is 0.373 e. The number of nitrogens with zero attached hydrogens (tertiary/aromatic N) is 1. The number of thioether (sulfide) groups is 1. The first-order valence-electron chi connectivity index (χ1n) is 11.2. The number of rotatable bonds is 9. The van der Waals surface area contributed by atoms with Gasteiger partial charge in [-0.05, 0) is 72.3 Å². The molecule has 4 rings (SSSR count). The topological polar surface area (TPSA) is 95.3 Å². The zero-order valence-corrected chi connectivity index (χ0v) is 24.0. The molecule has 0 radical (unpaired) electrons. The van der Waals surface area contributed by atoms with E-state index in [2.05, 4.69) is 20.7 Å². The van der Waals surface area contributed by atoms with Gasteiger partial charge in [0.25, 0.3) is 11.1 Å². The summed E-state index contributed by atoms with van der Waals surface area (Å²) in [6.07, 6.45) is 1.60. The predicted octanol–water partition coefficient (Wildman–Crippen LogP) is 7.35. The molecule has 0 spiro atoms. The molecule has 0 atom stereocenters. The van der Waals surface area contributed by atoms with Crippen molar-refractivity contribution in [2.24, 2.45) is 0 Å². The molecule has 0 saturated carbocycles. The van der Waals surface area contributed by atoms with Crippen LogP contribution in [-0.2, 0) is 22.7 Å². The van der Waals surface area contributed by atoms with Crippen LogP contribution in [-0.4, -0.2) is 35.7 Å². The van der Waals surface area contributed by atoms with Crippen LogP contribution in [0.1, 0.15) is 34.4 Å². The molecule has 12 heteroatoms. The molecule has 1 saturated heterocycles. The number of imide groups is 1. The summed E-state index contributed by atoms with van der Waals surface area (Å²) in [7, 11) is 1.23. The van der Waals surface area contributed by atoms with Gasteiger partial charge in [-0.2, -0.15) is 0 Å². The van der Waals surface area contributed by atoms with E-state index in [9.17, 15) is 14.4 Å². The molecular formula is C26H20BrCl2NO7S. The molecule has 0 bridgehead atoms. The molecule has 38 heavy (non-hydrogen) atoms. The Bertz CT molecular complexity index is 1440. The SMILES string of the molecule is CCOc1cc(/C=C2/SC(=O)N(Cc3ccc(C(=O)OC)o3)C2=O)c(Br)cc1OCc1ccc(Cl)c(Cl)c1. The van der Waals surface area contributed by atoms with Crippen molar-refractivity contribution in [1.82, 2.24) is 4.90 Å². The van der Waals surface area contributed by atoms with E-state index in [4.69, 9.17) is 37.1 Å². The van der Waals surface area contributed by atoms with Crippen LogP contribution < -0.4 is 9.47 Å². The van der Waals surface area contributed by atoms with E-state index < -0.39 is 17.1 Å². The molecule has 0 aliphatic carbocycles. The number of amides is 2. The molecule has 1 aliphatic rings. The van der Waals surface area contributed by atoms with Gasteiger partial charge in [0.15, 0.2) is 11.5 Å². The van der Waals surface area contributed by atoms with Crippen LogP contribution in [0.5, 0.6) is 11.5 Å². The number of esters is 1. The van der Waals surface area contributed by atoms with Crippen molar-refractivity contribution < 1.29 is 33.0 Å². The largest absolute Gasteiger partial charge is 0.490 e. The van der Waals surface area contributed by atoms with Crippen LogP contribution in [0, 0.1) is 0 Å². The Morgan fingerprint density at radius 2 is 1.84 bits per heavy atom. The second-order valence-corrected chi connectivity index (χ2v) is 10.5. The first kappa shape index (κ1) is 28.1. The third-order valence-electron chi connectivity index (χ3n) is 5.26. The Balaban J connectivity index is 1.53. The van der Waals surface area contributed by atoms with Crippen LogP contribution in [0.2, 0.25) is 10.0 Å². The summed E-state index contributed by atoms with van der Waals surface area (Å²) in [6.45, 7) is 2.34. The van der Waals surface area contributed by atoms with Crippen molar-refractivity contribution in [3.8, 4) is 11.5 Å². The standard InChI is InChI=1S/C26H20BrCl2NO7S/c1-3-35-21-9-15(17(27)11-22(21)36-13-14-4-6-18(28)19(29)8-14)10-23-24(31)30(26(33)38-23)12-16-5-7-20(37-16)25(32)34-2/h4-11H,3,12-13H2,1-2H3/b23-10+. The predicted molar refractivity (Wildman–Crippen MR) is 148 cm³/mol. The maximum absolute atomic E-state index is 13.0. The van der Waals surface area contributed by atoms with Gasteiger partial charge in [0.2, 0.25) is 5.76 Å². The van der Waals surface area contributed by atoms with Crippen LogP contribution in [0.4, 0.5) is 4.79 Å². The van der Waals surface area contributed by atoms with Gasteiger partial charge in [-0.3, -0.25) is 14.5 Å². The summed E-state index contributed by atoms with van der Waals surface area (Å²) in [5.41, 5.74) is 1.44. The highest BCUT2D eigenvalue weighted by atomic mass is 79.9. The summed E-state index contributed by atoms with van der Waals surface area (Å²) in [6, 6.07) is 11.6. The molecule has 1 aliphatic heterocycles. The molecule has 0 unspecified atom stereocenters. The van der Waals surface area contributed by atoms with E-state index in [1.165, 1.54) is 19.2 Å². The Morgan fingerprint density at radius 3 is 2.55 bits per heavy atom. The van der Waals surface area contributed by atoms with Gasteiger partial charge in [0.05, 0.1) is 35.2 Å². The Hall–Kier alpha value is -2.92. The van der Waals surface area contributed by atoms with Crippen LogP contribution in [0.25, 0.3) is 6.08 Å². The van der Waals surface area contributed by atoms with E-state index in [1.807, 2.05) is 13.0 Å². The van der Waals surface area contributed by atoms with Gasteiger partial charge >= 0.3 is 5.97 Å². The summed E-state index contributed by atoms with van der Waals surface area (Å²) in [4.78, 5) is 38.5. The van der Waals surface area contributed by atoms with Crippen molar-refractivity contribution in [2.45, 2.75) is 20.1 Å². The second-order valence-electron chi connectivity index (χ2n) is 7.82. The number of ether oxygens (including phenoxy) is 3. The zero-order chi connectivity index (χ0) is 27.4. The fraction of sp³-hybridized carbons (Fsp3) is 0.192. The van der Waals surface area contributed by atoms with Gasteiger partial charge < -0.3 is 18.6 Å². The summed E-state index contributed by atoms with van der Waals surface area (Å²) in [5, 5.41) is 0.427. The van der Waals surface area contributed by atoms with Crippen LogP contribution >= 0.6 is 50.9 Å². The minimum Gasteiger partial charge on any atom is -0.490 e. The minimum absolute atomic E-state index is 0.0149. The Kier molecular flexibility index (Phi) is 9.09. The van der Waals surface area contributed by atoms with Gasteiger partial charge in [0.1, 0.15) is 12.4 Å². The fourth-order valence-corrected chi connectivity index (χ4v) is 5.03. The molecule has 2 heterocycles. The summed E-state index contributed by atoms with van der Waals surface area (Å²) >= 11 is 16.4. The lowest BCUT2D eigenvalue weighted by Crippen LogP contribution is -2.27. The number of halogens is 3. The highest BCUT2D eigenvalue weighted by Gasteiger charge is 2.36. The molecular weight excluding hydrogens is 621 g/mol. The molecule has 2 aromatic carbocycles. The number of furan rings is 1. The molecule has 3 aromatic rings. The number of hydrogen-bond acceptors (Lipinski definition) is 8. The molecule has 1 fully saturated rings. The minimum atomic E-state index is -0.648. The van der Waals surface area contributed by atoms with E-state index in [1.54, 1.807) is 30.3 Å². The van der Waals surface area contributed by atoms with Crippen LogP contribution in [0.3, 0.4) is 0 Å². The lowest BCUT2D eigenvalue weighted by atomic mass is 10.1. The highest BCUT2D eigenvalue weighted by molar-refractivity contribution is 9.10. The van der Waals surface area contributed by atoms with Gasteiger partial charge in [-0.25, -0.2) is 4.79 Å². The first-order valence-corrected chi connectivity index (χ1v) is 13.5. The first-order chi connectivity index (χ1) is 18.2.